The Bertz CT molecular complexity index is 4090. The number of carbonyl (C=O) groups is 6. The van der Waals surface area contributed by atoms with Gasteiger partial charge < -0.3 is 44.5 Å². The number of H-pyrrole nitrogens is 1. The maximum absolute atomic E-state index is 13.3. The lowest BCUT2D eigenvalue weighted by Crippen LogP contribution is -2.49. The molecule has 5 fully saturated rings. The number of ether oxygens (including phenoxy) is 2. The average Bonchev–Trinajstić information content (AvgIpc) is 1.47. The number of aliphatic hydroxyl groups excluding tert-OH is 3. The van der Waals surface area contributed by atoms with E-state index in [4.69, 9.17) is 19.7 Å². The number of nitrogens with one attached hydrogen (secondary N) is 4. The van der Waals surface area contributed by atoms with Gasteiger partial charge in [-0.15, -0.1) is 0 Å². The predicted molar refractivity (Wildman–Crippen MR) is 337 cm³/mol. The maximum atomic E-state index is 13.3. The van der Waals surface area contributed by atoms with E-state index in [1.165, 1.54) is 45.6 Å². The lowest BCUT2D eigenvalue weighted by Gasteiger charge is -2.35. The van der Waals surface area contributed by atoms with Gasteiger partial charge in [-0.2, -0.15) is 13.2 Å². The number of anilines is 9. The molecule has 0 radical (unpaired) electrons. The summed E-state index contributed by atoms with van der Waals surface area (Å²) in [6.45, 7) is 3.06. The number of urea groups is 3. The Balaban J connectivity index is 0.000000140. The number of fused-ring (bicyclic) bond motifs is 12. The smallest absolute Gasteiger partial charge is 0.389 e. The summed E-state index contributed by atoms with van der Waals surface area (Å²) in [6, 6.07) is 13.6. The van der Waals surface area contributed by atoms with Gasteiger partial charge in [0.05, 0.1) is 67.2 Å². The number of Topliss-reactive ketones (excluding diaryl/α,β-unsaturated/α-hetero) is 3. The monoisotopic (exact) mass is 1370 g/mol. The van der Waals surface area contributed by atoms with Gasteiger partial charge in [0.15, 0.2) is 34.8 Å². The largest absolute Gasteiger partial charge is 0.491 e. The summed E-state index contributed by atoms with van der Waals surface area (Å²) in [5.74, 6) is -7.20. The summed E-state index contributed by atoms with van der Waals surface area (Å²) >= 11 is 0. The third-order valence-corrected chi connectivity index (χ3v) is 17.6. The number of carbonyl (C=O) groups excluding carboxylic acids is 6. The van der Waals surface area contributed by atoms with Crippen LogP contribution in [0.2, 0.25) is 0 Å². The van der Waals surface area contributed by atoms with Crippen molar-refractivity contribution in [1.29, 1.82) is 0 Å². The number of hydrogen-bond acceptors (Lipinski definition) is 21. The Labute approximate surface area is 552 Å². The van der Waals surface area contributed by atoms with Crippen LogP contribution in [0.25, 0.3) is 0 Å². The van der Waals surface area contributed by atoms with Crippen LogP contribution in [0.5, 0.6) is 11.6 Å². The highest BCUT2D eigenvalue weighted by atomic mass is 19.4. The van der Waals surface area contributed by atoms with Gasteiger partial charge >= 0.3 is 24.3 Å². The average molecular weight is 1370 g/mol. The molecular formula is C63H65F7N16O12. The number of aliphatic hydroxyl groups is 3. The van der Waals surface area contributed by atoms with E-state index in [1.807, 2.05) is 4.90 Å². The number of aromatic amines is 1. The Kier molecular flexibility index (Phi) is 19.2. The zero-order chi connectivity index (χ0) is 69.4. The molecule has 12 heterocycles. The molecule has 14 rings (SSSR count). The van der Waals surface area contributed by atoms with Gasteiger partial charge in [0, 0.05) is 108 Å². The van der Waals surface area contributed by atoms with Crippen molar-refractivity contribution in [2.45, 2.75) is 100 Å². The van der Waals surface area contributed by atoms with Gasteiger partial charge in [0.25, 0.3) is 11.8 Å². The van der Waals surface area contributed by atoms with Gasteiger partial charge in [-0.3, -0.25) is 49.8 Å². The molecular weight excluding hydrogens is 1310 g/mol. The van der Waals surface area contributed by atoms with Crippen LogP contribution in [0.15, 0.2) is 90.2 Å². The second-order valence-corrected chi connectivity index (χ2v) is 24.6. The first kappa shape index (κ1) is 67.8. The van der Waals surface area contributed by atoms with Crippen LogP contribution in [0, 0.1) is 11.8 Å². The predicted octanol–water partition coefficient (Wildman–Crippen LogP) is 7.09. The highest BCUT2D eigenvalue weighted by Crippen LogP contribution is 2.52. The minimum absolute atomic E-state index is 0.0538. The van der Waals surface area contributed by atoms with Crippen LogP contribution in [-0.4, -0.2) is 194 Å². The number of rotatable bonds is 19. The summed E-state index contributed by atoms with van der Waals surface area (Å²) in [7, 11) is 0. The molecule has 6 aromatic heterocycles. The van der Waals surface area contributed by atoms with Crippen LogP contribution >= 0.6 is 0 Å². The molecule has 6 aromatic rings. The van der Waals surface area contributed by atoms with E-state index in [2.05, 4.69) is 60.6 Å². The van der Waals surface area contributed by atoms with Crippen LogP contribution in [0.4, 0.5) is 97.1 Å². The molecule has 3 saturated heterocycles. The van der Waals surface area contributed by atoms with Crippen LogP contribution in [0.3, 0.4) is 0 Å². The normalized spacial score (nSPS) is 20.8. The molecule has 0 unspecified atom stereocenters. The van der Waals surface area contributed by atoms with Gasteiger partial charge in [-0.05, 0) is 61.7 Å². The summed E-state index contributed by atoms with van der Waals surface area (Å²) in [6.07, 6.45) is -1.13. The van der Waals surface area contributed by atoms with Crippen LogP contribution < -0.4 is 60.3 Å². The van der Waals surface area contributed by atoms with E-state index in [9.17, 15) is 69.4 Å². The van der Waals surface area contributed by atoms with Crippen molar-refractivity contribution in [3.8, 4) is 11.6 Å². The lowest BCUT2D eigenvalue weighted by molar-refractivity contribution is -0.133. The SMILES string of the molecule is O=C(CCC(F)(F)F)c1cc(=O)c2c([nH]1)N(C(=O)Nc1ccccn1)[C@H]1CCN2C1.O=C(C[C@@H]1CC1(F)F)c1ccc2c(n1)N(C(=O)Nc1cc(OCCO)ccn1)[C@H]1CCN2C1.O=C(C[C@@H]1CC1(F)F)c1ccc2c(n1)N(C(=O)Nc1cnc(OC[C@@H](O)CO)cn1)[C@H]1CCN2C1. The van der Waals surface area contributed by atoms with Gasteiger partial charge in [0.2, 0.25) is 11.3 Å². The van der Waals surface area contributed by atoms with Crippen molar-refractivity contribution < 1.29 is 84.3 Å². The second-order valence-electron chi connectivity index (χ2n) is 24.6. The molecule has 6 aliphatic heterocycles. The van der Waals surface area contributed by atoms with E-state index in [1.54, 1.807) is 48.5 Å². The van der Waals surface area contributed by atoms with Crippen molar-refractivity contribution in [2.75, 3.05) is 111 Å². The highest BCUT2D eigenvalue weighted by Gasteiger charge is 2.58. The molecule has 6 atom stereocenters. The Hall–Kier alpha value is -10.2. The Morgan fingerprint density at radius 1 is 0.643 bits per heavy atom. The standard InChI is InChI=1S/C22H24F2N6O5.C22H23F2N5O4.C19H18F3N5O3/c23-22(24)6-12(22)5-17(33)15-1-2-16-20(27-15)30(13-3-4-29(16)9-13)21(34)28-18-7-26-19(8-25-18)35-11-14(32)10-31;23-22(24)11-13(22)9-18(31)16-1-2-17-20(26-16)29(14-4-6-28(17)12-14)21(32)27-19-10-15(3-5-25-19)33-8-7-30;20-19(21,22)6-4-13(28)12-9-14(29)16-17(24-12)27(11-5-8-26(16)10-11)18(30)25-15-3-1-2-7-23-15/h1-2,7-8,12-14,31-32H,3-6,9-11H2,(H,25,28,34);1-3,5,10,13-14,30H,4,6-9,11-12H2,(H,25,27,32);1-3,7,9,11H,4-6,8,10H2,(H,24,29)(H,23,25,30)/t12-,13+,14+;13-,14+;11-/m110/s1. The van der Waals surface area contributed by atoms with Crippen LogP contribution in [-0.2, 0) is 0 Å². The molecule has 6 bridgehead atoms. The van der Waals surface area contributed by atoms with E-state index in [0.29, 0.717) is 67.9 Å². The van der Waals surface area contributed by atoms with E-state index < -0.39 is 96.3 Å². The van der Waals surface area contributed by atoms with Gasteiger partial charge in [0.1, 0.15) is 59.6 Å². The molecule has 0 aromatic carbocycles. The first-order valence-electron chi connectivity index (χ1n) is 31.4. The summed E-state index contributed by atoms with van der Waals surface area (Å²) in [4.78, 5) is 128. The lowest BCUT2D eigenvalue weighted by atomic mass is 10.1. The zero-order valence-electron chi connectivity index (χ0n) is 52.0. The van der Waals surface area contributed by atoms with Crippen molar-refractivity contribution in [1.82, 2.24) is 34.9 Å². The second kappa shape index (κ2) is 27.8. The minimum atomic E-state index is -4.48. The fourth-order valence-corrected chi connectivity index (χ4v) is 12.4. The number of nitrogens with zero attached hydrogens (tertiary/aromatic N) is 12. The van der Waals surface area contributed by atoms with E-state index in [0.717, 1.165) is 31.3 Å². The molecule has 2 aliphatic carbocycles. The zero-order valence-corrected chi connectivity index (χ0v) is 52.0. The summed E-state index contributed by atoms with van der Waals surface area (Å²) < 4.78 is 101. The van der Waals surface area contributed by atoms with E-state index >= 15 is 0 Å². The number of aromatic nitrogens is 7. The molecule has 28 nitrogen and oxygen atoms in total. The number of hydrogen-bond donors (Lipinski definition) is 7. The molecule has 518 valence electrons. The van der Waals surface area contributed by atoms with Crippen LogP contribution in [0.1, 0.15) is 89.3 Å². The molecule has 8 aliphatic rings. The topological polar surface area (TPSA) is 347 Å². The quantitative estimate of drug-likeness (QED) is 0.0314. The highest BCUT2D eigenvalue weighted by molar-refractivity contribution is 6.07. The Morgan fingerprint density at radius 2 is 1.19 bits per heavy atom. The fourth-order valence-electron chi connectivity index (χ4n) is 12.4. The van der Waals surface area contributed by atoms with Crippen molar-refractivity contribution in [3.05, 3.63) is 113 Å². The number of amides is 6. The summed E-state index contributed by atoms with van der Waals surface area (Å²) in [5, 5.41) is 35.1. The molecule has 35 heteroatoms. The fraction of sp³-hybridized carbons (Fsp3) is 0.444. The van der Waals surface area contributed by atoms with Gasteiger partial charge in [-0.1, -0.05) is 6.07 Å². The molecule has 7 N–H and O–H groups in total. The third kappa shape index (κ3) is 15.2. The Morgan fingerprint density at radius 3 is 1.73 bits per heavy atom. The van der Waals surface area contributed by atoms with Crippen molar-refractivity contribution in [2.24, 2.45) is 11.8 Å². The minimum Gasteiger partial charge on any atom is -0.491 e. The maximum Gasteiger partial charge on any atom is 0.389 e. The molecule has 0 spiro atoms. The molecule has 2 saturated carbocycles. The summed E-state index contributed by atoms with van der Waals surface area (Å²) in [5.41, 5.74) is 1.01. The number of pyridine rings is 5. The van der Waals surface area contributed by atoms with Crippen molar-refractivity contribution in [3.63, 3.8) is 0 Å². The van der Waals surface area contributed by atoms with Gasteiger partial charge in [-0.25, -0.2) is 61.8 Å². The first-order valence-corrected chi connectivity index (χ1v) is 31.4. The number of ketones is 3. The molecule has 6 amide bonds. The van der Waals surface area contributed by atoms with Crippen molar-refractivity contribution >= 4 is 87.4 Å². The third-order valence-electron chi connectivity index (χ3n) is 17.6. The van der Waals surface area contributed by atoms with E-state index in [-0.39, 0.29) is 110 Å². The molecule has 98 heavy (non-hydrogen) atoms. The first-order chi connectivity index (χ1) is 46.8. The number of halogens is 7. The number of alkyl halides is 7.